The van der Waals surface area contributed by atoms with Crippen LogP contribution in [0.4, 0.5) is 5.69 Å². The predicted molar refractivity (Wildman–Crippen MR) is 112 cm³/mol. The molecule has 0 N–H and O–H groups in total. The molecule has 1 amide bonds. The van der Waals surface area contributed by atoms with Crippen molar-refractivity contribution in [3.8, 4) is 11.5 Å². The lowest BCUT2D eigenvalue weighted by Crippen LogP contribution is -2.27. The van der Waals surface area contributed by atoms with Gasteiger partial charge in [-0.3, -0.25) is 9.69 Å². The lowest BCUT2D eigenvalue weighted by molar-refractivity contribution is -0.115. The second kappa shape index (κ2) is 7.85. The van der Waals surface area contributed by atoms with Gasteiger partial charge in [0.15, 0.2) is 0 Å². The molecule has 0 bridgehead atoms. The molecular weight excluding hydrogens is 401 g/mol. The van der Waals surface area contributed by atoms with Gasteiger partial charge in [-0.15, -0.1) is 11.8 Å². The molecular formula is C21H15Cl2NO2S. The van der Waals surface area contributed by atoms with Gasteiger partial charge < -0.3 is 4.74 Å². The van der Waals surface area contributed by atoms with Crippen LogP contribution in [0.25, 0.3) is 0 Å². The third kappa shape index (κ3) is 3.93. The van der Waals surface area contributed by atoms with E-state index >= 15 is 0 Å². The summed E-state index contributed by atoms with van der Waals surface area (Å²) in [5.74, 6) is 1.94. The summed E-state index contributed by atoms with van der Waals surface area (Å²) in [4.78, 5) is 14.3. The highest BCUT2D eigenvalue weighted by molar-refractivity contribution is 8.00. The minimum Gasteiger partial charge on any atom is -0.457 e. The van der Waals surface area contributed by atoms with Crippen LogP contribution in [0.15, 0.2) is 72.8 Å². The molecule has 3 nitrogen and oxygen atoms in total. The van der Waals surface area contributed by atoms with E-state index < -0.39 is 0 Å². The Hall–Kier alpha value is -2.14. The van der Waals surface area contributed by atoms with E-state index in [9.17, 15) is 4.79 Å². The zero-order valence-corrected chi connectivity index (χ0v) is 16.5. The Balaban J connectivity index is 1.59. The van der Waals surface area contributed by atoms with Gasteiger partial charge in [-0.25, -0.2) is 0 Å². The Bertz CT molecular complexity index is 964. The molecule has 4 rings (SSSR count). The van der Waals surface area contributed by atoms with Gasteiger partial charge in [-0.2, -0.15) is 0 Å². The van der Waals surface area contributed by atoms with Crippen molar-refractivity contribution in [1.29, 1.82) is 0 Å². The van der Waals surface area contributed by atoms with Crippen molar-refractivity contribution >= 4 is 46.6 Å². The van der Waals surface area contributed by atoms with Crippen molar-refractivity contribution in [2.75, 3.05) is 10.7 Å². The summed E-state index contributed by atoms with van der Waals surface area (Å²) < 4.78 is 5.82. The van der Waals surface area contributed by atoms with Gasteiger partial charge in [-0.05, 0) is 48.5 Å². The molecule has 1 heterocycles. The van der Waals surface area contributed by atoms with Crippen LogP contribution in [0.1, 0.15) is 10.9 Å². The topological polar surface area (TPSA) is 29.5 Å². The molecule has 27 heavy (non-hydrogen) atoms. The van der Waals surface area contributed by atoms with E-state index in [0.717, 1.165) is 17.0 Å². The van der Waals surface area contributed by atoms with E-state index in [-0.39, 0.29) is 11.3 Å². The number of hydrogen-bond acceptors (Lipinski definition) is 3. The van der Waals surface area contributed by atoms with Crippen molar-refractivity contribution in [3.63, 3.8) is 0 Å². The number of hydrogen-bond donors (Lipinski definition) is 0. The Kier molecular flexibility index (Phi) is 5.30. The van der Waals surface area contributed by atoms with Crippen LogP contribution in [-0.4, -0.2) is 11.7 Å². The Morgan fingerprint density at radius 1 is 0.926 bits per heavy atom. The number of carbonyl (C=O) groups excluding carboxylic acids is 1. The van der Waals surface area contributed by atoms with Crippen molar-refractivity contribution in [2.45, 2.75) is 5.37 Å². The average molecular weight is 416 g/mol. The minimum atomic E-state index is -0.178. The standard InChI is InChI=1S/C21H15Cl2NO2S/c22-14-6-11-18(19(23)12-14)21-24(20(25)13-27-21)15-7-9-17(10-8-15)26-16-4-2-1-3-5-16/h1-12,21H,13H2. The number of halogens is 2. The van der Waals surface area contributed by atoms with Crippen LogP contribution in [0.3, 0.4) is 0 Å². The van der Waals surface area contributed by atoms with Gasteiger partial charge in [0, 0.05) is 21.3 Å². The van der Waals surface area contributed by atoms with E-state index in [4.69, 9.17) is 27.9 Å². The van der Waals surface area contributed by atoms with Crippen LogP contribution in [-0.2, 0) is 4.79 Å². The maximum atomic E-state index is 12.5. The van der Waals surface area contributed by atoms with Gasteiger partial charge in [-0.1, -0.05) is 47.5 Å². The first kappa shape index (κ1) is 18.2. The fraction of sp³-hybridized carbons (Fsp3) is 0.0952. The highest BCUT2D eigenvalue weighted by Crippen LogP contribution is 2.44. The summed E-state index contributed by atoms with van der Waals surface area (Å²) in [6.45, 7) is 0. The van der Waals surface area contributed by atoms with Crippen LogP contribution in [0, 0.1) is 0 Å². The first-order valence-electron chi connectivity index (χ1n) is 8.33. The first-order valence-corrected chi connectivity index (χ1v) is 10.1. The summed E-state index contributed by atoms with van der Waals surface area (Å²) in [5, 5.41) is 0.957. The smallest absolute Gasteiger partial charge is 0.238 e. The molecule has 0 saturated carbocycles. The average Bonchev–Trinajstić information content (AvgIpc) is 3.04. The van der Waals surface area contributed by atoms with E-state index in [1.54, 1.807) is 28.8 Å². The number of benzene rings is 3. The summed E-state index contributed by atoms with van der Waals surface area (Å²) in [5.41, 5.74) is 1.68. The molecule has 1 unspecified atom stereocenters. The molecule has 3 aromatic rings. The Morgan fingerprint density at radius 2 is 1.63 bits per heavy atom. The van der Waals surface area contributed by atoms with Crippen LogP contribution in [0.2, 0.25) is 10.0 Å². The van der Waals surface area contributed by atoms with Gasteiger partial charge in [0.1, 0.15) is 16.9 Å². The third-order valence-electron chi connectivity index (χ3n) is 4.19. The number of amides is 1. The number of thioether (sulfide) groups is 1. The molecule has 0 aromatic heterocycles. The fourth-order valence-corrected chi connectivity index (χ4v) is 4.72. The molecule has 1 aliphatic rings. The number of anilines is 1. The third-order valence-corrected chi connectivity index (χ3v) is 5.95. The summed E-state index contributed by atoms with van der Waals surface area (Å²) in [6.07, 6.45) is 0. The Morgan fingerprint density at radius 3 is 2.33 bits per heavy atom. The number of carbonyl (C=O) groups is 1. The van der Waals surface area contributed by atoms with Gasteiger partial charge in [0.25, 0.3) is 0 Å². The lowest BCUT2D eigenvalue weighted by atomic mass is 10.2. The maximum Gasteiger partial charge on any atom is 0.238 e. The quantitative estimate of drug-likeness (QED) is 0.482. The van der Waals surface area contributed by atoms with Gasteiger partial charge >= 0.3 is 0 Å². The van der Waals surface area contributed by atoms with E-state index in [1.165, 1.54) is 0 Å². The van der Waals surface area contributed by atoms with Gasteiger partial charge in [0.05, 0.1) is 5.75 Å². The zero-order valence-electron chi connectivity index (χ0n) is 14.1. The van der Waals surface area contributed by atoms with Crippen molar-refractivity contribution in [3.05, 3.63) is 88.4 Å². The zero-order chi connectivity index (χ0) is 18.8. The number of ether oxygens (including phenoxy) is 1. The first-order chi connectivity index (χ1) is 13.1. The highest BCUT2D eigenvalue weighted by atomic mass is 35.5. The molecule has 1 saturated heterocycles. The molecule has 3 aromatic carbocycles. The number of para-hydroxylation sites is 1. The van der Waals surface area contributed by atoms with Crippen LogP contribution < -0.4 is 9.64 Å². The molecule has 0 spiro atoms. The van der Waals surface area contributed by atoms with E-state index in [2.05, 4.69) is 0 Å². The summed E-state index contributed by atoms with van der Waals surface area (Å²) in [7, 11) is 0. The maximum absolute atomic E-state index is 12.5. The minimum absolute atomic E-state index is 0.0488. The van der Waals surface area contributed by atoms with E-state index in [1.807, 2.05) is 60.7 Å². The molecule has 136 valence electrons. The molecule has 1 aliphatic heterocycles. The van der Waals surface area contributed by atoms with Gasteiger partial charge in [0.2, 0.25) is 5.91 Å². The normalized spacial score (nSPS) is 16.6. The predicted octanol–water partition coefficient (Wildman–Crippen LogP) is 6.56. The summed E-state index contributed by atoms with van der Waals surface area (Å²) >= 11 is 13.9. The van der Waals surface area contributed by atoms with Crippen molar-refractivity contribution in [2.24, 2.45) is 0 Å². The summed E-state index contributed by atoms with van der Waals surface area (Å²) in [6, 6.07) is 22.4. The highest BCUT2D eigenvalue weighted by Gasteiger charge is 2.35. The number of nitrogens with zero attached hydrogens (tertiary/aromatic N) is 1. The number of rotatable bonds is 4. The van der Waals surface area contributed by atoms with Crippen molar-refractivity contribution < 1.29 is 9.53 Å². The lowest BCUT2D eigenvalue weighted by Gasteiger charge is -2.25. The second-order valence-electron chi connectivity index (χ2n) is 6.00. The van der Waals surface area contributed by atoms with Crippen LogP contribution in [0.5, 0.6) is 11.5 Å². The molecule has 1 fully saturated rings. The fourth-order valence-electron chi connectivity index (χ4n) is 2.93. The van der Waals surface area contributed by atoms with E-state index in [0.29, 0.717) is 21.5 Å². The molecule has 1 atom stereocenters. The molecule has 0 radical (unpaired) electrons. The Labute approximate surface area is 171 Å². The van der Waals surface area contributed by atoms with Crippen molar-refractivity contribution in [1.82, 2.24) is 0 Å². The molecule has 6 heteroatoms. The second-order valence-corrected chi connectivity index (χ2v) is 7.91. The largest absolute Gasteiger partial charge is 0.457 e. The SMILES string of the molecule is O=C1CSC(c2ccc(Cl)cc2Cl)N1c1ccc(Oc2ccccc2)cc1. The van der Waals surface area contributed by atoms with Crippen LogP contribution >= 0.6 is 35.0 Å². The monoisotopic (exact) mass is 415 g/mol. The molecule has 0 aliphatic carbocycles.